The monoisotopic (exact) mass is 535 g/mol. The first-order valence-electron chi connectivity index (χ1n) is 13.4. The van der Waals surface area contributed by atoms with Crippen molar-refractivity contribution in [3.05, 3.63) is 71.8 Å². The summed E-state index contributed by atoms with van der Waals surface area (Å²) in [5.41, 5.74) is 2.72. The maximum Gasteiger partial charge on any atom is 0.265 e. The zero-order chi connectivity index (χ0) is 27.4. The largest absolute Gasteiger partial charge is 0.352 e. The van der Waals surface area contributed by atoms with Gasteiger partial charge in [-0.3, -0.25) is 13.9 Å². The molecule has 0 aliphatic carbocycles. The molecule has 0 unspecified atom stereocenters. The van der Waals surface area contributed by atoms with E-state index in [0.29, 0.717) is 30.0 Å². The van der Waals surface area contributed by atoms with Gasteiger partial charge in [-0.2, -0.15) is 0 Å². The number of carbonyl (C=O) groups is 2. The van der Waals surface area contributed by atoms with E-state index >= 15 is 0 Å². The second kappa shape index (κ2) is 11.6. The normalized spacial score (nSPS) is 15.3. The summed E-state index contributed by atoms with van der Waals surface area (Å²) in [6.07, 6.45) is 1.76. The van der Waals surface area contributed by atoms with E-state index in [1.165, 1.54) is 4.31 Å². The molecule has 0 fully saturated rings. The molecule has 1 N–H and O–H groups in total. The molecular weight excluding hydrogens is 498 g/mol. The Morgan fingerprint density at radius 1 is 0.974 bits per heavy atom. The van der Waals surface area contributed by atoms with E-state index in [-0.39, 0.29) is 30.8 Å². The van der Waals surface area contributed by atoms with Gasteiger partial charge in [0.2, 0.25) is 11.8 Å². The number of hydrogen-bond donors (Lipinski definition) is 1. The van der Waals surface area contributed by atoms with Crippen molar-refractivity contribution in [1.29, 1.82) is 0 Å². The zero-order valence-electron chi connectivity index (χ0n) is 22.6. The van der Waals surface area contributed by atoms with Crippen LogP contribution in [0.2, 0.25) is 0 Å². The SMILES string of the molecule is CC[C@H](C(=O)N[C@@H](C)CC)N(Cc1ccc(C)cc1)C(=O)CCCN1c2cccc3cccc(c23)S1(=O)=O. The highest BCUT2D eigenvalue weighted by Gasteiger charge is 2.35. The fraction of sp³-hybridized carbons (Fsp3) is 0.400. The standard InChI is InChI=1S/C30H37N3O4S/c1-5-22(4)31-30(35)25(6-2)32(20-23-17-15-21(3)16-18-23)28(34)14-9-19-33-26-12-7-10-24-11-8-13-27(29(24)26)38(33,36)37/h7-8,10-13,15-18,22,25H,5-6,9,14,19-20H2,1-4H3,(H,31,35)/t22-,25+/m0/s1. The number of hydrogen-bond acceptors (Lipinski definition) is 4. The smallest absolute Gasteiger partial charge is 0.265 e. The molecule has 1 aliphatic rings. The minimum Gasteiger partial charge on any atom is -0.352 e. The molecule has 0 spiro atoms. The summed E-state index contributed by atoms with van der Waals surface area (Å²) in [5, 5.41) is 4.63. The Morgan fingerprint density at radius 3 is 2.32 bits per heavy atom. The first-order chi connectivity index (χ1) is 18.2. The van der Waals surface area contributed by atoms with Crippen molar-refractivity contribution in [2.24, 2.45) is 0 Å². The Balaban J connectivity index is 1.52. The van der Waals surface area contributed by atoms with E-state index < -0.39 is 16.1 Å². The highest BCUT2D eigenvalue weighted by atomic mass is 32.2. The van der Waals surface area contributed by atoms with Crippen molar-refractivity contribution in [1.82, 2.24) is 10.2 Å². The Labute approximate surface area is 225 Å². The van der Waals surface area contributed by atoms with E-state index in [1.54, 1.807) is 17.0 Å². The number of amides is 2. The van der Waals surface area contributed by atoms with Gasteiger partial charge in [0.25, 0.3) is 10.0 Å². The van der Waals surface area contributed by atoms with E-state index in [9.17, 15) is 18.0 Å². The Kier molecular flexibility index (Phi) is 8.41. The van der Waals surface area contributed by atoms with Crippen molar-refractivity contribution >= 4 is 38.3 Å². The van der Waals surface area contributed by atoms with Crippen LogP contribution in [0.1, 0.15) is 57.6 Å². The number of sulfonamides is 1. The van der Waals surface area contributed by atoms with Crippen LogP contribution in [0.4, 0.5) is 5.69 Å². The van der Waals surface area contributed by atoms with Crippen LogP contribution in [0.15, 0.2) is 65.6 Å². The number of benzene rings is 3. The van der Waals surface area contributed by atoms with E-state index in [0.717, 1.165) is 28.3 Å². The summed E-state index contributed by atoms with van der Waals surface area (Å²) in [5.74, 6) is -0.324. The van der Waals surface area contributed by atoms with Gasteiger partial charge >= 0.3 is 0 Å². The summed E-state index contributed by atoms with van der Waals surface area (Å²) in [7, 11) is -3.68. The maximum atomic E-state index is 13.6. The Bertz CT molecular complexity index is 1410. The second-order valence-electron chi connectivity index (χ2n) is 10.1. The van der Waals surface area contributed by atoms with Crippen molar-refractivity contribution in [3.63, 3.8) is 0 Å². The van der Waals surface area contributed by atoms with E-state index in [1.807, 2.05) is 76.2 Å². The Hall–Kier alpha value is -3.39. The first kappa shape index (κ1) is 27.6. The third kappa shape index (κ3) is 5.55. The molecule has 8 heteroatoms. The molecular formula is C30H37N3O4S. The molecule has 3 aromatic carbocycles. The molecule has 0 saturated heterocycles. The van der Waals surface area contributed by atoms with Crippen LogP contribution in [-0.4, -0.2) is 43.8 Å². The fourth-order valence-corrected chi connectivity index (χ4v) is 6.72. The van der Waals surface area contributed by atoms with Crippen LogP contribution in [0.25, 0.3) is 10.8 Å². The van der Waals surface area contributed by atoms with Crippen molar-refractivity contribution in [2.45, 2.75) is 76.9 Å². The van der Waals surface area contributed by atoms with Gasteiger partial charge in [0.15, 0.2) is 0 Å². The topological polar surface area (TPSA) is 86.8 Å². The summed E-state index contributed by atoms with van der Waals surface area (Å²) < 4.78 is 28.0. The molecule has 0 aromatic heterocycles. The van der Waals surface area contributed by atoms with Gasteiger partial charge in [0.1, 0.15) is 6.04 Å². The molecule has 3 aromatic rings. The van der Waals surface area contributed by atoms with Crippen molar-refractivity contribution in [3.8, 4) is 0 Å². The molecule has 0 radical (unpaired) electrons. The van der Waals surface area contributed by atoms with Crippen LogP contribution in [0.3, 0.4) is 0 Å². The van der Waals surface area contributed by atoms with Gasteiger partial charge in [-0.25, -0.2) is 8.42 Å². The molecule has 38 heavy (non-hydrogen) atoms. The molecule has 1 heterocycles. The minimum absolute atomic E-state index is 0.0117. The maximum absolute atomic E-state index is 13.6. The molecule has 2 amide bonds. The number of rotatable bonds is 11. The highest BCUT2D eigenvalue weighted by Crippen LogP contribution is 2.42. The summed E-state index contributed by atoms with van der Waals surface area (Å²) in [6.45, 7) is 8.38. The first-order valence-corrected chi connectivity index (χ1v) is 14.8. The van der Waals surface area contributed by atoms with E-state index in [2.05, 4.69) is 5.32 Å². The lowest BCUT2D eigenvalue weighted by Gasteiger charge is -2.32. The number of anilines is 1. The lowest BCUT2D eigenvalue weighted by molar-refractivity contribution is -0.141. The quantitative estimate of drug-likeness (QED) is 0.368. The van der Waals surface area contributed by atoms with Gasteiger partial charge in [0, 0.05) is 30.9 Å². The average Bonchev–Trinajstić information content (AvgIpc) is 3.12. The number of nitrogens with one attached hydrogen (secondary N) is 1. The van der Waals surface area contributed by atoms with E-state index in [4.69, 9.17) is 0 Å². The lowest BCUT2D eigenvalue weighted by Crippen LogP contribution is -2.50. The third-order valence-corrected chi connectivity index (χ3v) is 9.15. The molecule has 2 atom stereocenters. The lowest BCUT2D eigenvalue weighted by atomic mass is 10.1. The molecule has 4 rings (SSSR count). The fourth-order valence-electron chi connectivity index (χ4n) is 4.97. The van der Waals surface area contributed by atoms with Crippen molar-refractivity contribution in [2.75, 3.05) is 10.8 Å². The van der Waals surface area contributed by atoms with Crippen LogP contribution >= 0.6 is 0 Å². The van der Waals surface area contributed by atoms with Crippen LogP contribution in [0, 0.1) is 6.92 Å². The minimum atomic E-state index is -3.68. The Morgan fingerprint density at radius 2 is 1.66 bits per heavy atom. The van der Waals surface area contributed by atoms with Gasteiger partial charge in [-0.05, 0) is 56.2 Å². The highest BCUT2D eigenvalue weighted by molar-refractivity contribution is 7.93. The molecule has 1 aliphatic heterocycles. The van der Waals surface area contributed by atoms with Gasteiger partial charge in [-0.1, -0.05) is 67.9 Å². The summed E-state index contributed by atoms with van der Waals surface area (Å²) >= 11 is 0. The van der Waals surface area contributed by atoms with Crippen LogP contribution in [-0.2, 0) is 26.2 Å². The predicted octanol–water partition coefficient (Wildman–Crippen LogP) is 5.16. The van der Waals surface area contributed by atoms with Crippen LogP contribution in [0.5, 0.6) is 0 Å². The molecule has 0 saturated carbocycles. The van der Waals surface area contributed by atoms with Crippen molar-refractivity contribution < 1.29 is 18.0 Å². The number of nitrogens with zero attached hydrogens (tertiary/aromatic N) is 2. The summed E-state index contributed by atoms with van der Waals surface area (Å²) in [4.78, 5) is 28.7. The van der Waals surface area contributed by atoms with Gasteiger partial charge in [0.05, 0.1) is 10.6 Å². The number of aryl methyl sites for hydroxylation is 1. The molecule has 0 bridgehead atoms. The second-order valence-corrected chi connectivity index (χ2v) is 11.9. The zero-order valence-corrected chi connectivity index (χ0v) is 23.4. The average molecular weight is 536 g/mol. The number of carbonyl (C=O) groups excluding carboxylic acids is 2. The predicted molar refractivity (Wildman–Crippen MR) is 151 cm³/mol. The van der Waals surface area contributed by atoms with Crippen LogP contribution < -0.4 is 9.62 Å². The third-order valence-electron chi connectivity index (χ3n) is 7.29. The van der Waals surface area contributed by atoms with Gasteiger partial charge < -0.3 is 10.2 Å². The molecule has 7 nitrogen and oxygen atoms in total. The molecule has 202 valence electrons. The van der Waals surface area contributed by atoms with Gasteiger partial charge in [-0.15, -0.1) is 0 Å². The summed E-state index contributed by atoms with van der Waals surface area (Å²) in [6, 6.07) is 18.2.